The van der Waals surface area contributed by atoms with Gasteiger partial charge in [0.25, 0.3) is 0 Å². The summed E-state index contributed by atoms with van der Waals surface area (Å²) in [5.41, 5.74) is 2.37. The van der Waals surface area contributed by atoms with Crippen LogP contribution in [0, 0.1) is 0 Å². The van der Waals surface area contributed by atoms with Crippen molar-refractivity contribution in [3.8, 4) is 0 Å². The van der Waals surface area contributed by atoms with Crippen molar-refractivity contribution in [3.63, 3.8) is 0 Å². The molecule has 6 heteroatoms. The van der Waals surface area contributed by atoms with Crippen molar-refractivity contribution in [3.05, 3.63) is 63.6 Å². The molecule has 1 aliphatic carbocycles. The molecule has 3 rings (SSSR count). The lowest BCUT2D eigenvalue weighted by Gasteiger charge is -2.13. The summed E-state index contributed by atoms with van der Waals surface area (Å²) >= 11 is 11.8. The first-order valence-electron chi connectivity index (χ1n) is 6.50. The highest BCUT2D eigenvalue weighted by Gasteiger charge is 2.27. The van der Waals surface area contributed by atoms with Crippen LogP contribution in [-0.2, 0) is 22.9 Å². The van der Waals surface area contributed by atoms with Crippen molar-refractivity contribution in [2.24, 2.45) is 0 Å². The zero-order chi connectivity index (χ0) is 15.0. The molecule has 0 heterocycles. The highest BCUT2D eigenvalue weighted by Crippen LogP contribution is 2.27. The van der Waals surface area contributed by atoms with E-state index in [0.717, 1.165) is 0 Å². The van der Waals surface area contributed by atoms with Crippen LogP contribution in [-0.4, -0.2) is 14.5 Å². The first-order valence-corrected chi connectivity index (χ1v) is 8.74. The van der Waals surface area contributed by atoms with E-state index in [9.17, 15) is 8.42 Å². The minimum absolute atomic E-state index is 0.0209. The van der Waals surface area contributed by atoms with Gasteiger partial charge in [-0.15, -0.1) is 0 Å². The van der Waals surface area contributed by atoms with E-state index in [-0.39, 0.29) is 16.0 Å². The third-order valence-electron chi connectivity index (χ3n) is 3.56. The number of benzene rings is 2. The maximum absolute atomic E-state index is 12.5. The number of fused-ring (bicyclic) bond motifs is 1. The molecular weight excluding hydrogens is 329 g/mol. The topological polar surface area (TPSA) is 46.2 Å². The van der Waals surface area contributed by atoms with Crippen molar-refractivity contribution in [1.29, 1.82) is 0 Å². The Kier molecular flexibility index (Phi) is 3.97. The van der Waals surface area contributed by atoms with Gasteiger partial charge >= 0.3 is 0 Å². The van der Waals surface area contributed by atoms with Crippen molar-refractivity contribution >= 4 is 33.2 Å². The van der Waals surface area contributed by atoms with Crippen LogP contribution in [0.1, 0.15) is 11.1 Å². The van der Waals surface area contributed by atoms with Gasteiger partial charge in [0.1, 0.15) is 4.90 Å². The molecule has 0 bridgehead atoms. The molecule has 21 heavy (non-hydrogen) atoms. The second-order valence-electron chi connectivity index (χ2n) is 5.07. The van der Waals surface area contributed by atoms with Crippen LogP contribution in [0.15, 0.2) is 47.4 Å². The van der Waals surface area contributed by atoms with Gasteiger partial charge in [-0.1, -0.05) is 47.5 Å². The average molecular weight is 342 g/mol. The lowest BCUT2D eigenvalue weighted by molar-refractivity contribution is 0.555. The van der Waals surface area contributed by atoms with Crippen LogP contribution in [0.25, 0.3) is 0 Å². The maximum Gasteiger partial charge on any atom is 0.242 e. The zero-order valence-electron chi connectivity index (χ0n) is 11.0. The molecule has 0 saturated carbocycles. The summed E-state index contributed by atoms with van der Waals surface area (Å²) < 4.78 is 27.6. The molecule has 0 atom stereocenters. The molecule has 0 fully saturated rings. The van der Waals surface area contributed by atoms with Crippen LogP contribution in [0.5, 0.6) is 0 Å². The predicted molar refractivity (Wildman–Crippen MR) is 84.4 cm³/mol. The summed E-state index contributed by atoms with van der Waals surface area (Å²) in [5.74, 6) is 0. The molecule has 0 aliphatic heterocycles. The van der Waals surface area contributed by atoms with E-state index in [4.69, 9.17) is 23.2 Å². The van der Waals surface area contributed by atoms with E-state index in [1.165, 1.54) is 23.3 Å². The lowest BCUT2D eigenvalue weighted by Crippen LogP contribution is -2.35. The fourth-order valence-corrected chi connectivity index (χ4v) is 4.61. The number of nitrogens with one attached hydrogen (secondary N) is 1. The van der Waals surface area contributed by atoms with Gasteiger partial charge in [-0.25, -0.2) is 13.1 Å². The Balaban J connectivity index is 1.84. The second kappa shape index (κ2) is 5.61. The van der Waals surface area contributed by atoms with Gasteiger partial charge in [-0.3, -0.25) is 0 Å². The number of halogens is 2. The molecule has 0 saturated heterocycles. The molecule has 0 radical (unpaired) electrons. The first kappa shape index (κ1) is 14.9. The molecule has 2 aromatic rings. The normalized spacial score (nSPS) is 15.1. The quantitative estimate of drug-likeness (QED) is 0.929. The maximum atomic E-state index is 12.5. The zero-order valence-corrected chi connectivity index (χ0v) is 13.3. The third kappa shape index (κ3) is 3.09. The molecule has 0 spiro atoms. The molecule has 0 aromatic heterocycles. The average Bonchev–Trinajstić information content (AvgIpc) is 2.82. The third-order valence-corrected chi connectivity index (χ3v) is 5.79. The van der Waals surface area contributed by atoms with Crippen LogP contribution >= 0.6 is 23.2 Å². The van der Waals surface area contributed by atoms with E-state index >= 15 is 0 Å². The first-order chi connectivity index (χ1) is 9.95. The molecule has 1 N–H and O–H groups in total. The van der Waals surface area contributed by atoms with Crippen LogP contribution < -0.4 is 4.72 Å². The van der Waals surface area contributed by atoms with E-state index in [2.05, 4.69) is 4.72 Å². The van der Waals surface area contributed by atoms with Crippen molar-refractivity contribution < 1.29 is 8.42 Å². The largest absolute Gasteiger partial charge is 0.242 e. The van der Waals surface area contributed by atoms with E-state index in [1.807, 2.05) is 24.3 Å². The summed E-state index contributed by atoms with van der Waals surface area (Å²) in [6.07, 6.45) is 1.38. The fraction of sp³-hybridized carbons (Fsp3) is 0.200. The summed E-state index contributed by atoms with van der Waals surface area (Å²) in [5, 5.41) is 0.511. The molecule has 2 aromatic carbocycles. The standard InChI is InChI=1S/C15H13Cl2NO2S/c16-12-5-6-14(17)15(9-12)21(19,20)18-13-7-10-3-1-2-4-11(10)8-13/h1-6,9,13,18H,7-8H2. The summed E-state index contributed by atoms with van der Waals surface area (Å²) in [7, 11) is -3.68. The summed E-state index contributed by atoms with van der Waals surface area (Å²) in [6.45, 7) is 0. The minimum Gasteiger partial charge on any atom is -0.207 e. The van der Waals surface area contributed by atoms with Crippen LogP contribution in [0.3, 0.4) is 0 Å². The van der Waals surface area contributed by atoms with Gasteiger partial charge in [-0.2, -0.15) is 0 Å². The monoisotopic (exact) mass is 341 g/mol. The number of rotatable bonds is 3. The molecule has 0 unspecified atom stereocenters. The van der Waals surface area contributed by atoms with Gasteiger partial charge in [0.2, 0.25) is 10.0 Å². The summed E-state index contributed by atoms with van der Waals surface area (Å²) in [4.78, 5) is 0.0209. The molecule has 3 nitrogen and oxygen atoms in total. The van der Waals surface area contributed by atoms with E-state index in [0.29, 0.717) is 17.9 Å². The molecular formula is C15H13Cl2NO2S. The second-order valence-corrected chi connectivity index (χ2v) is 7.60. The van der Waals surface area contributed by atoms with Gasteiger partial charge in [0.05, 0.1) is 5.02 Å². The number of hydrogen-bond donors (Lipinski definition) is 1. The lowest BCUT2D eigenvalue weighted by atomic mass is 10.1. The smallest absolute Gasteiger partial charge is 0.207 e. The Morgan fingerprint density at radius 3 is 2.24 bits per heavy atom. The van der Waals surface area contributed by atoms with Gasteiger partial charge in [0.15, 0.2) is 0 Å². The van der Waals surface area contributed by atoms with E-state index in [1.54, 1.807) is 6.07 Å². The molecule has 110 valence electrons. The minimum atomic E-state index is -3.68. The predicted octanol–water partition coefficient (Wildman–Crippen LogP) is 3.44. The highest BCUT2D eigenvalue weighted by molar-refractivity contribution is 7.89. The van der Waals surface area contributed by atoms with Crippen molar-refractivity contribution in [1.82, 2.24) is 4.72 Å². The van der Waals surface area contributed by atoms with Gasteiger partial charge in [-0.05, 0) is 42.2 Å². The van der Waals surface area contributed by atoms with Crippen molar-refractivity contribution in [2.45, 2.75) is 23.8 Å². The SMILES string of the molecule is O=S(=O)(NC1Cc2ccccc2C1)c1cc(Cl)ccc1Cl. The molecule has 1 aliphatic rings. The Labute approximate surface area is 133 Å². The number of hydrogen-bond acceptors (Lipinski definition) is 2. The number of sulfonamides is 1. The van der Waals surface area contributed by atoms with Gasteiger partial charge < -0.3 is 0 Å². The highest BCUT2D eigenvalue weighted by atomic mass is 35.5. The Morgan fingerprint density at radius 1 is 1.00 bits per heavy atom. The Hall–Kier alpha value is -1.07. The van der Waals surface area contributed by atoms with Crippen LogP contribution in [0.4, 0.5) is 0 Å². The van der Waals surface area contributed by atoms with E-state index < -0.39 is 10.0 Å². The summed E-state index contributed by atoms with van der Waals surface area (Å²) in [6, 6.07) is 12.2. The molecule has 0 amide bonds. The van der Waals surface area contributed by atoms with Gasteiger partial charge in [0, 0.05) is 11.1 Å². The van der Waals surface area contributed by atoms with Crippen molar-refractivity contribution in [2.75, 3.05) is 0 Å². The van der Waals surface area contributed by atoms with Crippen LogP contribution in [0.2, 0.25) is 10.0 Å². The fourth-order valence-electron chi connectivity index (χ4n) is 2.61. The Bertz CT molecular complexity index is 765. The Morgan fingerprint density at radius 2 is 1.62 bits per heavy atom.